The van der Waals surface area contributed by atoms with Crippen molar-refractivity contribution in [3.8, 4) is 0 Å². The SMILES string of the molecule is CC(C)C1CCN(c2ccncc2CCl)C1. The van der Waals surface area contributed by atoms with Gasteiger partial charge in [-0.05, 0) is 24.3 Å². The van der Waals surface area contributed by atoms with Gasteiger partial charge in [0.15, 0.2) is 0 Å². The second-order valence-corrected chi connectivity index (χ2v) is 5.14. The molecule has 1 atom stereocenters. The average molecular weight is 239 g/mol. The van der Waals surface area contributed by atoms with Crippen LogP contribution in [-0.4, -0.2) is 18.1 Å². The van der Waals surface area contributed by atoms with E-state index in [9.17, 15) is 0 Å². The van der Waals surface area contributed by atoms with Crippen molar-refractivity contribution in [3.05, 3.63) is 24.0 Å². The lowest BCUT2D eigenvalue weighted by atomic mass is 9.95. The summed E-state index contributed by atoms with van der Waals surface area (Å²) in [6, 6.07) is 2.08. The zero-order valence-corrected chi connectivity index (χ0v) is 10.7. The fourth-order valence-electron chi connectivity index (χ4n) is 2.38. The van der Waals surface area contributed by atoms with Gasteiger partial charge in [-0.15, -0.1) is 11.6 Å². The summed E-state index contributed by atoms with van der Waals surface area (Å²) in [4.78, 5) is 6.58. The van der Waals surface area contributed by atoms with E-state index in [-0.39, 0.29) is 0 Å². The number of hydrogen-bond donors (Lipinski definition) is 0. The maximum atomic E-state index is 5.94. The molecule has 0 spiro atoms. The van der Waals surface area contributed by atoms with Gasteiger partial charge in [-0.25, -0.2) is 0 Å². The van der Waals surface area contributed by atoms with Crippen molar-refractivity contribution in [2.45, 2.75) is 26.1 Å². The van der Waals surface area contributed by atoms with Crippen LogP contribution in [0.2, 0.25) is 0 Å². The summed E-state index contributed by atoms with van der Waals surface area (Å²) in [7, 11) is 0. The van der Waals surface area contributed by atoms with E-state index in [1.807, 2.05) is 12.4 Å². The van der Waals surface area contributed by atoms with E-state index >= 15 is 0 Å². The van der Waals surface area contributed by atoms with Crippen molar-refractivity contribution < 1.29 is 0 Å². The molecule has 0 N–H and O–H groups in total. The standard InChI is InChI=1S/C13H19ClN2/c1-10(2)11-4-6-16(9-11)13-3-5-15-8-12(13)7-14/h3,5,8,10-11H,4,6-7,9H2,1-2H3. The fourth-order valence-corrected chi connectivity index (χ4v) is 2.59. The molecule has 1 aromatic heterocycles. The molecule has 2 rings (SSSR count). The molecular formula is C13H19ClN2. The molecule has 0 amide bonds. The summed E-state index contributed by atoms with van der Waals surface area (Å²) in [6.45, 7) is 6.93. The van der Waals surface area contributed by atoms with Gasteiger partial charge in [0.25, 0.3) is 0 Å². The molecule has 0 bridgehead atoms. The highest BCUT2D eigenvalue weighted by Gasteiger charge is 2.25. The summed E-state index contributed by atoms with van der Waals surface area (Å²) in [6.07, 6.45) is 5.03. The van der Waals surface area contributed by atoms with Crippen molar-refractivity contribution in [2.75, 3.05) is 18.0 Å². The summed E-state index contributed by atoms with van der Waals surface area (Å²) >= 11 is 5.94. The van der Waals surface area contributed by atoms with Gasteiger partial charge in [-0.2, -0.15) is 0 Å². The molecule has 1 aliphatic heterocycles. The summed E-state index contributed by atoms with van der Waals surface area (Å²) in [5.74, 6) is 2.13. The first kappa shape index (κ1) is 11.7. The Hall–Kier alpha value is -0.760. The van der Waals surface area contributed by atoms with E-state index in [0.29, 0.717) is 5.88 Å². The summed E-state index contributed by atoms with van der Waals surface area (Å²) in [5, 5.41) is 0. The number of alkyl halides is 1. The smallest absolute Gasteiger partial charge is 0.0509 e. The maximum absolute atomic E-state index is 5.94. The number of pyridine rings is 1. The number of rotatable bonds is 3. The molecule has 16 heavy (non-hydrogen) atoms. The largest absolute Gasteiger partial charge is 0.371 e. The molecule has 88 valence electrons. The number of aromatic nitrogens is 1. The number of hydrogen-bond acceptors (Lipinski definition) is 2. The Morgan fingerprint density at radius 3 is 3.00 bits per heavy atom. The van der Waals surface area contributed by atoms with Crippen LogP contribution in [0.25, 0.3) is 0 Å². The molecule has 3 heteroatoms. The van der Waals surface area contributed by atoms with Gasteiger partial charge < -0.3 is 4.90 Å². The molecule has 0 aromatic carbocycles. The number of halogens is 1. The number of nitrogens with zero attached hydrogens (tertiary/aromatic N) is 2. The fraction of sp³-hybridized carbons (Fsp3) is 0.615. The summed E-state index contributed by atoms with van der Waals surface area (Å²) in [5.41, 5.74) is 2.42. The van der Waals surface area contributed by atoms with E-state index in [4.69, 9.17) is 11.6 Å². The van der Waals surface area contributed by atoms with Crippen LogP contribution >= 0.6 is 11.6 Å². The van der Waals surface area contributed by atoms with E-state index < -0.39 is 0 Å². The third-order valence-corrected chi connectivity index (χ3v) is 3.82. The highest BCUT2D eigenvalue weighted by atomic mass is 35.5. The third-order valence-electron chi connectivity index (χ3n) is 3.53. The zero-order valence-electron chi connectivity index (χ0n) is 9.99. The first-order chi connectivity index (χ1) is 7.72. The molecule has 1 unspecified atom stereocenters. The van der Waals surface area contributed by atoms with E-state index in [2.05, 4.69) is 29.8 Å². The lowest BCUT2D eigenvalue weighted by molar-refractivity contribution is 0.422. The van der Waals surface area contributed by atoms with Crippen LogP contribution in [-0.2, 0) is 5.88 Å². The van der Waals surface area contributed by atoms with Crippen LogP contribution in [0.5, 0.6) is 0 Å². The Bertz CT molecular complexity index is 352. The van der Waals surface area contributed by atoms with Crippen molar-refractivity contribution in [1.29, 1.82) is 0 Å². The Labute approximate surface area is 103 Å². The highest BCUT2D eigenvalue weighted by Crippen LogP contribution is 2.30. The Kier molecular flexibility index (Phi) is 3.70. The van der Waals surface area contributed by atoms with Gasteiger partial charge in [-0.1, -0.05) is 13.8 Å². The Morgan fingerprint density at radius 1 is 1.56 bits per heavy atom. The van der Waals surface area contributed by atoms with Gasteiger partial charge in [-0.3, -0.25) is 4.98 Å². The molecule has 0 aliphatic carbocycles. The predicted molar refractivity (Wildman–Crippen MR) is 69.0 cm³/mol. The first-order valence-corrected chi connectivity index (χ1v) is 6.49. The van der Waals surface area contributed by atoms with E-state index in [1.54, 1.807) is 0 Å². The van der Waals surface area contributed by atoms with Crippen molar-refractivity contribution in [2.24, 2.45) is 11.8 Å². The normalized spacial score (nSPS) is 20.8. The van der Waals surface area contributed by atoms with Gasteiger partial charge >= 0.3 is 0 Å². The minimum atomic E-state index is 0.548. The highest BCUT2D eigenvalue weighted by molar-refractivity contribution is 6.17. The molecule has 1 saturated heterocycles. The molecule has 0 saturated carbocycles. The Morgan fingerprint density at radius 2 is 2.38 bits per heavy atom. The first-order valence-electron chi connectivity index (χ1n) is 5.96. The molecule has 1 aliphatic rings. The van der Waals surface area contributed by atoms with Crippen molar-refractivity contribution in [3.63, 3.8) is 0 Å². The maximum Gasteiger partial charge on any atom is 0.0509 e. The molecule has 2 heterocycles. The van der Waals surface area contributed by atoms with E-state index in [0.717, 1.165) is 30.5 Å². The van der Waals surface area contributed by atoms with Gasteiger partial charge in [0.2, 0.25) is 0 Å². The predicted octanol–water partition coefficient (Wildman–Crippen LogP) is 3.30. The van der Waals surface area contributed by atoms with Crippen LogP contribution in [0.3, 0.4) is 0 Å². The average Bonchev–Trinajstić information content (AvgIpc) is 2.78. The minimum Gasteiger partial charge on any atom is -0.371 e. The molecule has 2 nitrogen and oxygen atoms in total. The topological polar surface area (TPSA) is 16.1 Å². The number of anilines is 1. The molecule has 0 radical (unpaired) electrons. The second-order valence-electron chi connectivity index (χ2n) is 4.88. The van der Waals surface area contributed by atoms with Crippen molar-refractivity contribution in [1.82, 2.24) is 4.98 Å². The monoisotopic (exact) mass is 238 g/mol. The molecule has 1 fully saturated rings. The molecule has 1 aromatic rings. The molecular weight excluding hydrogens is 220 g/mol. The van der Waals surface area contributed by atoms with Gasteiger partial charge in [0, 0.05) is 36.7 Å². The quantitative estimate of drug-likeness (QED) is 0.752. The summed E-state index contributed by atoms with van der Waals surface area (Å²) < 4.78 is 0. The van der Waals surface area contributed by atoms with E-state index in [1.165, 1.54) is 12.1 Å². The van der Waals surface area contributed by atoms with Crippen LogP contribution in [0.4, 0.5) is 5.69 Å². The minimum absolute atomic E-state index is 0.548. The van der Waals surface area contributed by atoms with Crippen molar-refractivity contribution >= 4 is 17.3 Å². The lowest BCUT2D eigenvalue weighted by Crippen LogP contribution is -2.22. The van der Waals surface area contributed by atoms with Gasteiger partial charge in [0.1, 0.15) is 0 Å². The van der Waals surface area contributed by atoms with Crippen LogP contribution in [0, 0.1) is 11.8 Å². The van der Waals surface area contributed by atoms with Gasteiger partial charge in [0.05, 0.1) is 5.88 Å². The van der Waals surface area contributed by atoms with Crippen LogP contribution < -0.4 is 4.90 Å². The zero-order chi connectivity index (χ0) is 11.5. The van der Waals surface area contributed by atoms with Crippen LogP contribution in [0.15, 0.2) is 18.5 Å². The Balaban J connectivity index is 2.14. The lowest BCUT2D eigenvalue weighted by Gasteiger charge is -2.22. The third kappa shape index (κ3) is 2.32. The van der Waals surface area contributed by atoms with Crippen LogP contribution in [0.1, 0.15) is 25.8 Å². The second kappa shape index (κ2) is 5.05.